The first-order valence-electron chi connectivity index (χ1n) is 5.65. The summed E-state index contributed by atoms with van der Waals surface area (Å²) in [4.78, 5) is 10.5. The van der Waals surface area contributed by atoms with Gasteiger partial charge < -0.3 is 5.11 Å². The van der Waals surface area contributed by atoms with Gasteiger partial charge in [0.05, 0.1) is 0 Å². The molecule has 1 saturated heterocycles. The third-order valence-electron chi connectivity index (χ3n) is 3.08. The molecule has 0 radical (unpaired) electrons. The highest BCUT2D eigenvalue weighted by atomic mass is 32.2. The van der Waals surface area contributed by atoms with Crippen molar-refractivity contribution in [2.24, 2.45) is 5.92 Å². The van der Waals surface area contributed by atoms with Gasteiger partial charge >= 0.3 is 5.97 Å². The van der Waals surface area contributed by atoms with Crippen LogP contribution in [0, 0.1) is 5.92 Å². The molecule has 1 aliphatic heterocycles. The van der Waals surface area contributed by atoms with E-state index in [9.17, 15) is 13.2 Å². The lowest BCUT2D eigenvalue weighted by molar-refractivity contribution is -0.134. The van der Waals surface area contributed by atoms with Crippen LogP contribution < -0.4 is 0 Å². The minimum Gasteiger partial charge on any atom is -0.480 e. The second kappa shape index (κ2) is 5.63. The number of carboxylic acids is 1. The molecule has 0 aromatic rings. The van der Waals surface area contributed by atoms with Gasteiger partial charge in [-0.2, -0.15) is 0 Å². The summed E-state index contributed by atoms with van der Waals surface area (Å²) in [6.45, 7) is 3.03. The maximum absolute atomic E-state index is 11.7. The van der Waals surface area contributed by atoms with E-state index in [4.69, 9.17) is 5.11 Å². The summed E-state index contributed by atoms with van der Waals surface area (Å²) in [6, 6.07) is 0. The van der Waals surface area contributed by atoms with Crippen LogP contribution in [-0.2, 0) is 14.8 Å². The maximum Gasteiger partial charge on any atom is 0.320 e. The van der Waals surface area contributed by atoms with Crippen molar-refractivity contribution in [3.05, 3.63) is 0 Å². The van der Waals surface area contributed by atoms with Crippen molar-refractivity contribution in [2.45, 2.75) is 32.6 Å². The van der Waals surface area contributed by atoms with Gasteiger partial charge in [0.1, 0.15) is 0 Å². The largest absolute Gasteiger partial charge is 0.480 e. The van der Waals surface area contributed by atoms with Gasteiger partial charge in [-0.1, -0.05) is 13.3 Å². The van der Waals surface area contributed by atoms with Crippen molar-refractivity contribution >= 4 is 16.0 Å². The van der Waals surface area contributed by atoms with Gasteiger partial charge in [-0.25, -0.2) is 12.7 Å². The molecule has 1 aliphatic rings. The molecule has 16 heavy (non-hydrogen) atoms. The fraction of sp³-hybridized carbons (Fsp3) is 0.900. The van der Waals surface area contributed by atoms with Crippen LogP contribution in [0.2, 0.25) is 0 Å². The van der Waals surface area contributed by atoms with E-state index in [1.807, 2.05) is 0 Å². The second-order valence-electron chi connectivity index (χ2n) is 4.25. The Labute approximate surface area is 96.5 Å². The molecule has 1 N–H and O–H groups in total. The van der Waals surface area contributed by atoms with Crippen LogP contribution in [0.4, 0.5) is 0 Å². The van der Waals surface area contributed by atoms with Gasteiger partial charge in [-0.3, -0.25) is 4.79 Å². The summed E-state index contributed by atoms with van der Waals surface area (Å²) >= 11 is 0. The SMILES string of the molecule is CCC1CCCN(S(=O)(=O)CC(=O)O)CC1. The molecule has 1 atom stereocenters. The third-order valence-corrected chi connectivity index (χ3v) is 4.85. The minimum atomic E-state index is -3.60. The van der Waals surface area contributed by atoms with E-state index in [0.717, 1.165) is 25.7 Å². The van der Waals surface area contributed by atoms with Crippen LogP contribution in [0.15, 0.2) is 0 Å². The molecule has 1 rings (SSSR count). The second-order valence-corrected chi connectivity index (χ2v) is 6.22. The predicted molar refractivity (Wildman–Crippen MR) is 60.6 cm³/mol. The lowest BCUT2D eigenvalue weighted by atomic mass is 9.98. The monoisotopic (exact) mass is 249 g/mol. The molecular weight excluding hydrogens is 230 g/mol. The topological polar surface area (TPSA) is 74.7 Å². The summed E-state index contributed by atoms with van der Waals surface area (Å²) in [5, 5.41) is 8.54. The molecule has 0 saturated carbocycles. The molecule has 6 heteroatoms. The minimum absolute atomic E-state index is 0.464. The molecule has 0 aromatic carbocycles. The molecule has 0 bridgehead atoms. The van der Waals surface area contributed by atoms with Crippen LogP contribution in [0.5, 0.6) is 0 Å². The number of carbonyl (C=O) groups is 1. The molecule has 0 amide bonds. The Bertz CT molecular complexity index is 339. The molecule has 0 aliphatic carbocycles. The van der Waals surface area contributed by atoms with Crippen LogP contribution in [-0.4, -0.2) is 42.6 Å². The number of sulfonamides is 1. The van der Waals surface area contributed by atoms with Gasteiger partial charge in [-0.05, 0) is 25.2 Å². The van der Waals surface area contributed by atoms with E-state index < -0.39 is 21.7 Å². The van der Waals surface area contributed by atoms with Crippen LogP contribution >= 0.6 is 0 Å². The zero-order chi connectivity index (χ0) is 12.2. The highest BCUT2D eigenvalue weighted by Gasteiger charge is 2.27. The van der Waals surface area contributed by atoms with Crippen molar-refractivity contribution in [3.63, 3.8) is 0 Å². The zero-order valence-corrected chi connectivity index (χ0v) is 10.4. The Morgan fingerprint density at radius 1 is 1.38 bits per heavy atom. The van der Waals surface area contributed by atoms with Gasteiger partial charge in [0.15, 0.2) is 5.75 Å². The normalized spacial score (nSPS) is 23.9. The quantitative estimate of drug-likeness (QED) is 0.803. The average molecular weight is 249 g/mol. The summed E-state index contributed by atoms with van der Waals surface area (Å²) < 4.78 is 24.7. The predicted octanol–water partition coefficient (Wildman–Crippen LogP) is 0.913. The highest BCUT2D eigenvalue weighted by molar-refractivity contribution is 7.89. The van der Waals surface area contributed by atoms with E-state index in [0.29, 0.717) is 19.0 Å². The number of aliphatic carboxylic acids is 1. The lowest BCUT2D eigenvalue weighted by Crippen LogP contribution is -2.36. The van der Waals surface area contributed by atoms with E-state index in [1.165, 1.54) is 4.31 Å². The molecular formula is C10H19NO4S. The molecule has 1 unspecified atom stereocenters. The van der Waals surface area contributed by atoms with Gasteiger partial charge in [0.25, 0.3) is 0 Å². The summed E-state index contributed by atoms with van der Waals surface area (Å²) in [5.74, 6) is -1.50. The van der Waals surface area contributed by atoms with Crippen molar-refractivity contribution < 1.29 is 18.3 Å². The zero-order valence-electron chi connectivity index (χ0n) is 9.55. The Kier molecular flexibility index (Phi) is 4.73. The molecule has 5 nitrogen and oxygen atoms in total. The Morgan fingerprint density at radius 3 is 2.62 bits per heavy atom. The third kappa shape index (κ3) is 3.75. The fourth-order valence-corrected chi connectivity index (χ4v) is 3.36. The fourth-order valence-electron chi connectivity index (χ4n) is 2.07. The molecule has 0 aromatic heterocycles. The smallest absolute Gasteiger partial charge is 0.320 e. The number of hydrogen-bond donors (Lipinski definition) is 1. The first kappa shape index (κ1) is 13.4. The number of hydrogen-bond acceptors (Lipinski definition) is 3. The molecule has 0 spiro atoms. The summed E-state index contributed by atoms with van der Waals surface area (Å²) in [6.07, 6.45) is 3.77. The lowest BCUT2D eigenvalue weighted by Gasteiger charge is -2.18. The first-order valence-corrected chi connectivity index (χ1v) is 7.26. The molecule has 1 heterocycles. The van der Waals surface area contributed by atoms with Crippen LogP contribution in [0.25, 0.3) is 0 Å². The Hall–Kier alpha value is -0.620. The van der Waals surface area contributed by atoms with E-state index in [2.05, 4.69) is 6.92 Å². The van der Waals surface area contributed by atoms with E-state index >= 15 is 0 Å². The first-order chi connectivity index (χ1) is 7.45. The standard InChI is InChI=1S/C10H19NO4S/c1-2-9-4-3-6-11(7-5-9)16(14,15)8-10(12)13/h9H,2-8H2,1H3,(H,12,13). The maximum atomic E-state index is 11.7. The van der Waals surface area contributed by atoms with Crippen molar-refractivity contribution in [2.75, 3.05) is 18.8 Å². The van der Waals surface area contributed by atoms with E-state index in [1.54, 1.807) is 0 Å². The Balaban J connectivity index is 2.63. The highest BCUT2D eigenvalue weighted by Crippen LogP contribution is 2.21. The average Bonchev–Trinajstić information content (AvgIpc) is 2.40. The Morgan fingerprint density at radius 2 is 2.06 bits per heavy atom. The summed E-state index contributed by atoms with van der Waals surface area (Å²) in [7, 11) is -3.60. The number of rotatable bonds is 4. The van der Waals surface area contributed by atoms with Gasteiger partial charge in [0.2, 0.25) is 10.0 Å². The van der Waals surface area contributed by atoms with Crippen LogP contribution in [0.3, 0.4) is 0 Å². The van der Waals surface area contributed by atoms with Crippen molar-refractivity contribution in [1.29, 1.82) is 0 Å². The number of nitrogens with zero attached hydrogens (tertiary/aromatic N) is 1. The molecule has 1 fully saturated rings. The van der Waals surface area contributed by atoms with Gasteiger partial charge in [-0.15, -0.1) is 0 Å². The number of carboxylic acid groups (broad SMARTS) is 1. The summed E-state index contributed by atoms with van der Waals surface area (Å²) in [5.41, 5.74) is 0. The van der Waals surface area contributed by atoms with Crippen LogP contribution in [0.1, 0.15) is 32.6 Å². The van der Waals surface area contributed by atoms with E-state index in [-0.39, 0.29) is 0 Å². The van der Waals surface area contributed by atoms with Crippen molar-refractivity contribution in [3.8, 4) is 0 Å². The van der Waals surface area contributed by atoms with Crippen molar-refractivity contribution in [1.82, 2.24) is 4.31 Å². The van der Waals surface area contributed by atoms with Gasteiger partial charge in [0, 0.05) is 13.1 Å². The molecule has 94 valence electrons.